The van der Waals surface area contributed by atoms with Crippen LogP contribution in [0.4, 0.5) is 0 Å². The maximum absolute atomic E-state index is 12.3. The van der Waals surface area contributed by atoms with Gasteiger partial charge in [0.15, 0.2) is 0 Å². The first kappa shape index (κ1) is 14.1. The molecule has 0 aromatic carbocycles. The van der Waals surface area contributed by atoms with E-state index in [0.717, 1.165) is 19.4 Å². The van der Waals surface area contributed by atoms with Crippen molar-refractivity contribution in [2.75, 3.05) is 6.61 Å². The quantitative estimate of drug-likeness (QED) is 0.856. The van der Waals surface area contributed by atoms with Crippen molar-refractivity contribution in [1.82, 2.24) is 15.2 Å². The SMILES string of the molecule is Cn1ccc(C(=O)NC2CCC(=O)NC2C2CCCO2)c1. The van der Waals surface area contributed by atoms with Gasteiger partial charge in [0.25, 0.3) is 5.91 Å². The van der Waals surface area contributed by atoms with Crippen LogP contribution in [0.2, 0.25) is 0 Å². The molecule has 3 rings (SSSR count). The minimum absolute atomic E-state index is 0.00956. The smallest absolute Gasteiger partial charge is 0.253 e. The summed E-state index contributed by atoms with van der Waals surface area (Å²) in [6, 6.07) is 1.59. The number of rotatable bonds is 3. The lowest BCUT2D eigenvalue weighted by molar-refractivity contribution is -0.125. The van der Waals surface area contributed by atoms with E-state index in [9.17, 15) is 9.59 Å². The van der Waals surface area contributed by atoms with Gasteiger partial charge in [-0.3, -0.25) is 9.59 Å². The molecule has 2 aliphatic heterocycles. The number of carbonyl (C=O) groups excluding carboxylic acids is 2. The number of hydrogen-bond acceptors (Lipinski definition) is 3. The Labute approximate surface area is 123 Å². The highest BCUT2D eigenvalue weighted by Gasteiger charge is 2.37. The summed E-state index contributed by atoms with van der Waals surface area (Å²) in [5.74, 6) is -0.0551. The summed E-state index contributed by atoms with van der Waals surface area (Å²) in [6.45, 7) is 0.733. The maximum Gasteiger partial charge on any atom is 0.253 e. The maximum atomic E-state index is 12.3. The van der Waals surface area contributed by atoms with E-state index < -0.39 is 0 Å². The Morgan fingerprint density at radius 1 is 1.48 bits per heavy atom. The predicted molar refractivity (Wildman–Crippen MR) is 76.8 cm³/mol. The number of nitrogens with zero attached hydrogens (tertiary/aromatic N) is 1. The van der Waals surface area contributed by atoms with E-state index in [1.807, 2.05) is 17.8 Å². The molecule has 3 heterocycles. The molecule has 0 aliphatic carbocycles. The number of piperidine rings is 1. The molecule has 0 saturated carbocycles. The van der Waals surface area contributed by atoms with Crippen molar-refractivity contribution in [3.8, 4) is 0 Å². The number of amides is 2. The second kappa shape index (κ2) is 5.89. The van der Waals surface area contributed by atoms with Gasteiger partial charge in [-0.15, -0.1) is 0 Å². The summed E-state index contributed by atoms with van der Waals surface area (Å²) in [5, 5.41) is 6.04. The molecule has 0 spiro atoms. The molecular weight excluding hydrogens is 270 g/mol. The fourth-order valence-corrected chi connectivity index (χ4v) is 3.11. The first-order chi connectivity index (χ1) is 10.1. The molecule has 3 atom stereocenters. The summed E-state index contributed by atoms with van der Waals surface area (Å²) in [7, 11) is 1.88. The van der Waals surface area contributed by atoms with Crippen molar-refractivity contribution in [3.63, 3.8) is 0 Å². The zero-order chi connectivity index (χ0) is 14.8. The number of aryl methyl sites for hydroxylation is 1. The summed E-state index contributed by atoms with van der Waals surface area (Å²) in [4.78, 5) is 23.9. The van der Waals surface area contributed by atoms with E-state index in [4.69, 9.17) is 4.74 Å². The molecule has 2 fully saturated rings. The molecule has 3 unspecified atom stereocenters. The minimum atomic E-state index is -0.124. The first-order valence-corrected chi connectivity index (χ1v) is 7.47. The van der Waals surface area contributed by atoms with Gasteiger partial charge in [0, 0.05) is 32.5 Å². The number of ether oxygens (including phenoxy) is 1. The third-order valence-electron chi connectivity index (χ3n) is 4.22. The Balaban J connectivity index is 1.69. The summed E-state index contributed by atoms with van der Waals surface area (Å²) >= 11 is 0. The number of hydrogen-bond donors (Lipinski definition) is 2. The predicted octanol–water partition coefficient (Wildman–Crippen LogP) is 0.581. The monoisotopic (exact) mass is 291 g/mol. The molecule has 6 heteroatoms. The third kappa shape index (κ3) is 3.10. The van der Waals surface area contributed by atoms with Crippen LogP contribution in [0.1, 0.15) is 36.0 Å². The highest BCUT2D eigenvalue weighted by atomic mass is 16.5. The van der Waals surface area contributed by atoms with Gasteiger partial charge in [-0.1, -0.05) is 0 Å². The van der Waals surface area contributed by atoms with E-state index in [1.165, 1.54) is 0 Å². The van der Waals surface area contributed by atoms with E-state index >= 15 is 0 Å². The Kier molecular flexibility index (Phi) is 3.96. The summed E-state index contributed by atoms with van der Waals surface area (Å²) in [5.41, 5.74) is 0.639. The molecular formula is C15H21N3O3. The Bertz CT molecular complexity index is 534. The van der Waals surface area contributed by atoms with Crippen LogP contribution < -0.4 is 10.6 Å². The van der Waals surface area contributed by atoms with E-state index in [1.54, 1.807) is 12.3 Å². The van der Waals surface area contributed by atoms with E-state index in [0.29, 0.717) is 18.4 Å². The fourth-order valence-electron chi connectivity index (χ4n) is 3.11. The van der Waals surface area contributed by atoms with Crippen LogP contribution in [-0.4, -0.2) is 41.2 Å². The number of aromatic nitrogens is 1. The van der Waals surface area contributed by atoms with Crippen molar-refractivity contribution in [2.24, 2.45) is 7.05 Å². The second-order valence-corrected chi connectivity index (χ2v) is 5.83. The van der Waals surface area contributed by atoms with Gasteiger partial charge in [-0.25, -0.2) is 0 Å². The normalized spacial score (nSPS) is 29.2. The van der Waals surface area contributed by atoms with Crippen molar-refractivity contribution in [3.05, 3.63) is 24.0 Å². The second-order valence-electron chi connectivity index (χ2n) is 5.83. The van der Waals surface area contributed by atoms with Gasteiger partial charge in [0.2, 0.25) is 5.91 Å². The number of nitrogens with one attached hydrogen (secondary N) is 2. The van der Waals surface area contributed by atoms with E-state index in [2.05, 4.69) is 10.6 Å². The Morgan fingerprint density at radius 3 is 3.00 bits per heavy atom. The highest BCUT2D eigenvalue weighted by Crippen LogP contribution is 2.22. The van der Waals surface area contributed by atoms with Gasteiger partial charge in [0.05, 0.1) is 23.8 Å². The van der Waals surface area contributed by atoms with Gasteiger partial charge in [-0.2, -0.15) is 0 Å². The van der Waals surface area contributed by atoms with Gasteiger partial charge >= 0.3 is 0 Å². The van der Waals surface area contributed by atoms with Crippen LogP contribution in [0.5, 0.6) is 0 Å². The average molecular weight is 291 g/mol. The molecule has 0 bridgehead atoms. The minimum Gasteiger partial charge on any atom is -0.376 e. The lowest BCUT2D eigenvalue weighted by atomic mass is 9.92. The molecule has 114 valence electrons. The fraction of sp³-hybridized carbons (Fsp3) is 0.600. The lowest BCUT2D eigenvalue weighted by Crippen LogP contribution is -2.60. The Hall–Kier alpha value is -1.82. The third-order valence-corrected chi connectivity index (χ3v) is 4.22. The van der Waals surface area contributed by atoms with Gasteiger partial charge < -0.3 is 19.9 Å². The first-order valence-electron chi connectivity index (χ1n) is 7.47. The average Bonchev–Trinajstić information content (AvgIpc) is 3.11. The molecule has 2 N–H and O–H groups in total. The molecule has 1 aromatic heterocycles. The largest absolute Gasteiger partial charge is 0.376 e. The molecule has 2 aliphatic rings. The van der Waals surface area contributed by atoms with Crippen LogP contribution in [0.3, 0.4) is 0 Å². The highest BCUT2D eigenvalue weighted by molar-refractivity contribution is 5.94. The van der Waals surface area contributed by atoms with Crippen molar-refractivity contribution in [2.45, 2.75) is 43.9 Å². The van der Waals surface area contributed by atoms with Crippen LogP contribution in [0, 0.1) is 0 Å². The Morgan fingerprint density at radius 2 is 2.33 bits per heavy atom. The molecule has 6 nitrogen and oxygen atoms in total. The van der Waals surface area contributed by atoms with Crippen LogP contribution in [0.15, 0.2) is 18.5 Å². The molecule has 2 amide bonds. The molecule has 0 radical (unpaired) electrons. The van der Waals surface area contributed by atoms with Crippen LogP contribution >= 0.6 is 0 Å². The van der Waals surface area contributed by atoms with Gasteiger partial charge in [-0.05, 0) is 25.3 Å². The van der Waals surface area contributed by atoms with Crippen LogP contribution in [-0.2, 0) is 16.6 Å². The summed E-state index contributed by atoms with van der Waals surface area (Å²) in [6.07, 6.45) is 6.69. The molecule has 21 heavy (non-hydrogen) atoms. The van der Waals surface area contributed by atoms with Crippen molar-refractivity contribution in [1.29, 1.82) is 0 Å². The zero-order valence-corrected chi connectivity index (χ0v) is 12.2. The van der Waals surface area contributed by atoms with Crippen LogP contribution in [0.25, 0.3) is 0 Å². The summed E-state index contributed by atoms with van der Waals surface area (Å²) < 4.78 is 7.53. The molecule has 1 aromatic rings. The lowest BCUT2D eigenvalue weighted by Gasteiger charge is -2.36. The zero-order valence-electron chi connectivity index (χ0n) is 12.2. The topological polar surface area (TPSA) is 72.4 Å². The van der Waals surface area contributed by atoms with E-state index in [-0.39, 0.29) is 30.0 Å². The van der Waals surface area contributed by atoms with Gasteiger partial charge in [0.1, 0.15) is 0 Å². The van der Waals surface area contributed by atoms with Crippen molar-refractivity contribution >= 4 is 11.8 Å². The standard InChI is InChI=1S/C15H21N3O3/c1-18-7-6-10(9-18)15(20)16-11-4-5-13(19)17-14(11)12-3-2-8-21-12/h6-7,9,11-12,14H,2-5,8H2,1H3,(H,16,20)(H,17,19). The number of carbonyl (C=O) groups is 2. The molecule has 2 saturated heterocycles. The van der Waals surface area contributed by atoms with Crippen molar-refractivity contribution < 1.29 is 14.3 Å².